The van der Waals surface area contributed by atoms with Crippen molar-refractivity contribution in [2.24, 2.45) is 0 Å². The van der Waals surface area contributed by atoms with Crippen LogP contribution in [-0.4, -0.2) is 40.1 Å². The Labute approximate surface area is 87.4 Å². The average Bonchev–Trinajstić information content (AvgIpc) is 2.70. The lowest BCUT2D eigenvalue weighted by Crippen LogP contribution is -2.14. The molecule has 2 rings (SSSR count). The summed E-state index contributed by atoms with van der Waals surface area (Å²) < 4.78 is 52.3. The summed E-state index contributed by atoms with van der Waals surface area (Å²) in [5.41, 5.74) is 0. The summed E-state index contributed by atoms with van der Waals surface area (Å²) >= 11 is 0. The third-order valence-corrected chi connectivity index (χ3v) is 4.74. The van der Waals surface area contributed by atoms with Gasteiger partial charge in [0.1, 0.15) is 6.10 Å². The summed E-state index contributed by atoms with van der Waals surface area (Å²) in [7, 11) is -6.85. The molecule has 0 amide bonds. The van der Waals surface area contributed by atoms with Crippen molar-refractivity contribution in [2.75, 3.05) is 25.6 Å². The van der Waals surface area contributed by atoms with E-state index < -0.39 is 24.0 Å². The Hall–Kier alpha value is 0.0200. The zero-order valence-corrected chi connectivity index (χ0v) is 9.54. The Kier molecular flexibility index (Phi) is 3.16. The number of hydrogen-bond donors (Lipinski definition) is 0. The lowest BCUT2D eigenvalue weighted by Gasteiger charge is -2.12. The minimum absolute atomic E-state index is 0.0347. The minimum atomic E-state index is -3.44. The molecule has 2 aliphatic heterocycles. The fourth-order valence-corrected chi connectivity index (χ4v) is 3.66. The predicted molar refractivity (Wildman–Crippen MR) is 48.7 cm³/mol. The van der Waals surface area contributed by atoms with Gasteiger partial charge in [0, 0.05) is 0 Å². The van der Waals surface area contributed by atoms with Gasteiger partial charge in [-0.3, -0.25) is 17.8 Å². The van der Waals surface area contributed by atoms with Crippen molar-refractivity contribution in [2.45, 2.75) is 12.5 Å². The van der Waals surface area contributed by atoms with Crippen LogP contribution in [0.5, 0.6) is 0 Å². The Balaban J connectivity index is 1.82. The molecule has 88 valence electrons. The molecule has 1 unspecified atom stereocenters. The third-order valence-electron chi connectivity index (χ3n) is 1.97. The molecule has 1 atom stereocenters. The van der Waals surface area contributed by atoms with Crippen LogP contribution in [0, 0.1) is 0 Å². The fourth-order valence-electron chi connectivity index (χ4n) is 1.27. The SMILES string of the molecule is O=P1(OCC2CCS(=O)(=O)O2)OCCO1. The lowest BCUT2D eigenvalue weighted by atomic mass is 10.3. The van der Waals surface area contributed by atoms with Crippen LogP contribution in [0.1, 0.15) is 6.42 Å². The second-order valence-electron chi connectivity index (χ2n) is 3.18. The Morgan fingerprint density at radius 1 is 1.33 bits per heavy atom. The van der Waals surface area contributed by atoms with Gasteiger partial charge in [0.25, 0.3) is 10.1 Å². The molecule has 0 spiro atoms. The summed E-state index contributed by atoms with van der Waals surface area (Å²) in [5.74, 6) is -0.0347. The van der Waals surface area contributed by atoms with Gasteiger partial charge in [0.15, 0.2) is 0 Å². The maximum Gasteiger partial charge on any atom is 0.475 e. The van der Waals surface area contributed by atoms with Crippen molar-refractivity contribution < 1.29 is 30.7 Å². The highest BCUT2D eigenvalue weighted by Gasteiger charge is 2.36. The first-order chi connectivity index (χ1) is 6.99. The van der Waals surface area contributed by atoms with Gasteiger partial charge >= 0.3 is 7.82 Å². The molecule has 0 aromatic carbocycles. The first-order valence-corrected chi connectivity index (χ1v) is 7.48. The van der Waals surface area contributed by atoms with Crippen molar-refractivity contribution in [3.8, 4) is 0 Å². The summed E-state index contributed by atoms with van der Waals surface area (Å²) in [5, 5.41) is 0. The quantitative estimate of drug-likeness (QED) is 0.530. The molecule has 0 aromatic heterocycles. The average molecular weight is 258 g/mol. The molecule has 2 aliphatic rings. The van der Waals surface area contributed by atoms with Gasteiger partial charge in [-0.1, -0.05) is 0 Å². The molecular weight excluding hydrogens is 247 g/mol. The van der Waals surface area contributed by atoms with Gasteiger partial charge in [0.2, 0.25) is 0 Å². The van der Waals surface area contributed by atoms with Crippen molar-refractivity contribution in [3.05, 3.63) is 0 Å². The molecule has 0 aliphatic carbocycles. The first-order valence-electron chi connectivity index (χ1n) is 4.44. The van der Waals surface area contributed by atoms with Gasteiger partial charge in [-0.15, -0.1) is 0 Å². The van der Waals surface area contributed by atoms with Crippen molar-refractivity contribution in [1.82, 2.24) is 0 Å². The molecule has 0 saturated carbocycles. The molecular formula is C6H11O7PS. The van der Waals surface area contributed by atoms with E-state index in [0.29, 0.717) is 6.42 Å². The highest BCUT2D eigenvalue weighted by Crippen LogP contribution is 2.52. The van der Waals surface area contributed by atoms with E-state index >= 15 is 0 Å². The minimum Gasteiger partial charge on any atom is -0.284 e. The van der Waals surface area contributed by atoms with Crippen LogP contribution in [-0.2, 0) is 32.4 Å². The Morgan fingerprint density at radius 2 is 2.00 bits per heavy atom. The lowest BCUT2D eigenvalue weighted by molar-refractivity contribution is 0.115. The summed E-state index contributed by atoms with van der Waals surface area (Å²) in [6.45, 7) is 0.346. The third kappa shape index (κ3) is 2.99. The van der Waals surface area contributed by atoms with E-state index in [1.165, 1.54) is 0 Å². The van der Waals surface area contributed by atoms with Crippen LogP contribution < -0.4 is 0 Å². The van der Waals surface area contributed by atoms with Gasteiger partial charge in [-0.25, -0.2) is 4.57 Å². The number of phosphoric acid groups is 1. The van der Waals surface area contributed by atoms with Crippen LogP contribution in [0.3, 0.4) is 0 Å². The topological polar surface area (TPSA) is 88.1 Å². The fraction of sp³-hybridized carbons (Fsp3) is 1.00. The molecule has 15 heavy (non-hydrogen) atoms. The van der Waals surface area contributed by atoms with E-state index in [4.69, 9.17) is 13.6 Å². The normalized spacial score (nSPS) is 33.2. The second kappa shape index (κ2) is 4.12. The number of rotatable bonds is 3. The molecule has 0 radical (unpaired) electrons. The first kappa shape index (κ1) is 11.5. The molecule has 2 fully saturated rings. The largest absolute Gasteiger partial charge is 0.475 e. The van der Waals surface area contributed by atoms with E-state index in [1.54, 1.807) is 0 Å². The molecule has 0 bridgehead atoms. The molecule has 0 N–H and O–H groups in total. The Morgan fingerprint density at radius 3 is 2.53 bits per heavy atom. The highest BCUT2D eigenvalue weighted by atomic mass is 32.2. The summed E-state index contributed by atoms with van der Waals surface area (Å²) in [6, 6.07) is 0. The van der Waals surface area contributed by atoms with Gasteiger partial charge in [-0.05, 0) is 6.42 Å². The molecule has 9 heteroatoms. The van der Waals surface area contributed by atoms with Crippen molar-refractivity contribution >= 4 is 17.9 Å². The smallest absolute Gasteiger partial charge is 0.284 e. The van der Waals surface area contributed by atoms with Crippen LogP contribution in [0.15, 0.2) is 0 Å². The van der Waals surface area contributed by atoms with Gasteiger partial charge in [0.05, 0.1) is 25.6 Å². The summed E-state index contributed by atoms with van der Waals surface area (Å²) in [6.07, 6.45) is -0.254. The number of phosphoric ester groups is 1. The van der Waals surface area contributed by atoms with E-state index in [1.807, 2.05) is 0 Å². The van der Waals surface area contributed by atoms with Gasteiger partial charge < -0.3 is 0 Å². The zero-order valence-electron chi connectivity index (χ0n) is 7.83. The zero-order chi connectivity index (χ0) is 10.9. The second-order valence-corrected chi connectivity index (χ2v) is 6.56. The van der Waals surface area contributed by atoms with E-state index in [9.17, 15) is 13.0 Å². The molecule has 2 heterocycles. The van der Waals surface area contributed by atoms with E-state index in [2.05, 4.69) is 4.18 Å². The molecule has 7 nitrogen and oxygen atoms in total. The van der Waals surface area contributed by atoms with Crippen molar-refractivity contribution in [3.63, 3.8) is 0 Å². The van der Waals surface area contributed by atoms with Crippen LogP contribution >= 0.6 is 7.82 Å². The maximum atomic E-state index is 11.5. The van der Waals surface area contributed by atoms with E-state index in [-0.39, 0.29) is 25.6 Å². The number of hydrogen-bond acceptors (Lipinski definition) is 7. The standard InChI is InChI=1S/C6H11O7PS/c7-14(10-2-3-11-14)12-5-6-1-4-15(8,9)13-6/h6H,1-5H2. The molecule has 2 saturated heterocycles. The van der Waals surface area contributed by atoms with Crippen molar-refractivity contribution in [1.29, 1.82) is 0 Å². The van der Waals surface area contributed by atoms with Crippen LogP contribution in [0.4, 0.5) is 0 Å². The maximum absolute atomic E-state index is 11.5. The predicted octanol–water partition coefficient (Wildman–Crippen LogP) is 0.277. The molecule has 0 aromatic rings. The summed E-state index contributed by atoms with van der Waals surface area (Å²) in [4.78, 5) is 0. The van der Waals surface area contributed by atoms with Gasteiger partial charge in [-0.2, -0.15) is 8.42 Å². The monoisotopic (exact) mass is 258 g/mol. The highest BCUT2D eigenvalue weighted by molar-refractivity contribution is 7.86. The van der Waals surface area contributed by atoms with E-state index in [0.717, 1.165) is 0 Å². The van der Waals surface area contributed by atoms with Crippen LogP contribution in [0.2, 0.25) is 0 Å². The Bertz CT molecular complexity index is 367. The van der Waals surface area contributed by atoms with Crippen LogP contribution in [0.25, 0.3) is 0 Å².